The number of amidine groups is 2. The minimum Gasteiger partial charge on any atom is -0.410 e. The molecule has 6 N–H and O–H groups in total. The minimum atomic E-state index is -4.16. The molecule has 35 heavy (non-hydrogen) atoms. The molecule has 0 amide bonds. The van der Waals surface area contributed by atoms with E-state index in [4.69, 9.17) is 5.41 Å². The van der Waals surface area contributed by atoms with E-state index in [9.17, 15) is 27.4 Å². The fourth-order valence-corrected chi connectivity index (χ4v) is 5.93. The number of nitrogens with one attached hydrogen (secondary N) is 4. The zero-order valence-corrected chi connectivity index (χ0v) is 21.7. The zero-order valence-electron chi connectivity index (χ0n) is 18.5. The van der Waals surface area contributed by atoms with Crippen molar-refractivity contribution in [2.45, 2.75) is 11.8 Å². The van der Waals surface area contributed by atoms with Crippen LogP contribution in [0.15, 0.2) is 65.9 Å². The Morgan fingerprint density at radius 2 is 1.74 bits per heavy atom. The number of aryl methyl sites for hydroxylation is 1. The number of sulfonamides is 1. The molecule has 2 aromatic carbocycles. The highest BCUT2D eigenvalue weighted by Gasteiger charge is 2.19. The molecule has 1 atom stereocenters. The molecule has 0 saturated heterocycles. The molecule has 0 spiro atoms. The first kappa shape index (κ1) is 28.2. The van der Waals surface area contributed by atoms with Crippen molar-refractivity contribution < 1.29 is 27.4 Å². The van der Waals surface area contributed by atoms with Crippen LogP contribution in [0.4, 0.5) is 10.1 Å². The van der Waals surface area contributed by atoms with Crippen LogP contribution in [-0.2, 0) is 19.9 Å². The van der Waals surface area contributed by atoms with Crippen LogP contribution in [0.2, 0.25) is 0 Å². The lowest BCUT2D eigenvalue weighted by molar-refractivity contribution is 0.314. The van der Waals surface area contributed by atoms with Crippen LogP contribution < -0.4 is 15.4 Å². The lowest BCUT2D eigenvalue weighted by atomic mass is 10.2. The van der Waals surface area contributed by atoms with E-state index in [2.05, 4.69) is 45.4 Å². The molecule has 190 valence electrons. The van der Waals surface area contributed by atoms with Gasteiger partial charge in [0.2, 0.25) is 5.84 Å². The van der Waals surface area contributed by atoms with Crippen LogP contribution in [0, 0.1) is 18.2 Å². The first-order valence-corrected chi connectivity index (χ1v) is 13.8. The second kappa shape index (κ2) is 12.1. The molecule has 0 aromatic heterocycles. The smallest absolute Gasteiger partial charge is 0.291 e. The first-order valence-electron chi connectivity index (χ1n) is 9.67. The topological polar surface area (TPSA) is 189 Å². The summed E-state index contributed by atoms with van der Waals surface area (Å²) < 4.78 is 56.8. The van der Waals surface area contributed by atoms with Gasteiger partial charge in [-0.15, -0.1) is 0 Å². The maximum Gasteiger partial charge on any atom is 0.291 e. The Balaban J connectivity index is 1.99. The SMILES string of the molecule is Cc1ccc(S(=O)(=O)N=S(C)(=O)NCCNC(=N)C(=N\O)/C(=N/O)Nc2ccc(F)c(Br)c2)cc1. The molecule has 2 aromatic rings. The predicted octanol–water partition coefficient (Wildman–Crippen LogP) is 2.48. The number of nitrogens with zero attached hydrogens (tertiary/aromatic N) is 3. The van der Waals surface area contributed by atoms with Gasteiger partial charge < -0.3 is 21.0 Å². The van der Waals surface area contributed by atoms with E-state index in [-0.39, 0.29) is 28.1 Å². The number of oxime groups is 2. The molecule has 16 heteroatoms. The minimum absolute atomic E-state index is 0.0659. The molecule has 12 nitrogen and oxygen atoms in total. The lowest BCUT2D eigenvalue weighted by Gasteiger charge is -2.13. The maximum atomic E-state index is 13.4. The molecule has 2 rings (SSSR count). The molecule has 0 aliphatic carbocycles. The van der Waals surface area contributed by atoms with Gasteiger partial charge in [0.05, 0.1) is 9.37 Å². The zero-order chi connectivity index (χ0) is 26.2. The average molecular weight is 592 g/mol. The highest BCUT2D eigenvalue weighted by molar-refractivity contribution is 9.10. The second-order valence-corrected chi connectivity index (χ2v) is 11.8. The summed E-state index contributed by atoms with van der Waals surface area (Å²) in [6.45, 7) is 1.64. The third-order valence-corrected chi connectivity index (χ3v) is 8.34. The summed E-state index contributed by atoms with van der Waals surface area (Å²) in [4.78, 5) is -0.0975. The molecule has 0 heterocycles. The van der Waals surface area contributed by atoms with Crippen LogP contribution in [0.3, 0.4) is 0 Å². The van der Waals surface area contributed by atoms with Crippen LogP contribution in [0.1, 0.15) is 5.56 Å². The number of hydrogen-bond acceptors (Lipinski definition) is 8. The van der Waals surface area contributed by atoms with Gasteiger partial charge in [-0.3, -0.25) is 5.41 Å². The molecule has 1 unspecified atom stereocenters. The van der Waals surface area contributed by atoms with Gasteiger partial charge >= 0.3 is 0 Å². The van der Waals surface area contributed by atoms with Crippen LogP contribution in [0.5, 0.6) is 0 Å². The number of anilines is 1. The van der Waals surface area contributed by atoms with E-state index < -0.39 is 43.1 Å². The number of rotatable bonds is 9. The number of benzene rings is 2. The average Bonchev–Trinajstić information content (AvgIpc) is 2.78. The van der Waals surface area contributed by atoms with Gasteiger partial charge in [0.15, 0.2) is 11.5 Å². The molecule has 0 radical (unpaired) electrons. The van der Waals surface area contributed by atoms with Gasteiger partial charge in [-0.25, -0.2) is 13.3 Å². The highest BCUT2D eigenvalue weighted by Crippen LogP contribution is 2.20. The Labute approximate surface area is 210 Å². The van der Waals surface area contributed by atoms with E-state index >= 15 is 0 Å². The molecular formula is C19H23BrFN7O5S2. The van der Waals surface area contributed by atoms with Gasteiger partial charge in [-0.05, 0) is 53.2 Å². The maximum absolute atomic E-state index is 13.4. The van der Waals surface area contributed by atoms with Crippen LogP contribution in [-0.4, -0.2) is 59.8 Å². The van der Waals surface area contributed by atoms with Crippen molar-refractivity contribution in [3.05, 3.63) is 58.3 Å². The van der Waals surface area contributed by atoms with Gasteiger partial charge in [-0.1, -0.05) is 31.8 Å². The normalized spacial score (nSPS) is 14.2. The molecule has 0 saturated carbocycles. The summed E-state index contributed by atoms with van der Waals surface area (Å²) in [5.41, 5.74) is 0.634. The fourth-order valence-electron chi connectivity index (χ4n) is 2.54. The van der Waals surface area contributed by atoms with E-state index in [1.807, 2.05) is 0 Å². The Morgan fingerprint density at radius 3 is 2.31 bits per heavy atom. The van der Waals surface area contributed by atoms with Crippen molar-refractivity contribution >= 4 is 58.9 Å². The second-order valence-electron chi connectivity index (χ2n) is 7.01. The predicted molar refractivity (Wildman–Crippen MR) is 135 cm³/mol. The van der Waals surface area contributed by atoms with Gasteiger partial charge in [0.1, 0.15) is 15.7 Å². The van der Waals surface area contributed by atoms with Gasteiger partial charge in [-0.2, -0.15) is 8.42 Å². The largest absolute Gasteiger partial charge is 0.410 e. The van der Waals surface area contributed by atoms with Crippen molar-refractivity contribution in [1.82, 2.24) is 10.0 Å². The van der Waals surface area contributed by atoms with E-state index in [1.165, 1.54) is 24.3 Å². The van der Waals surface area contributed by atoms with Gasteiger partial charge in [0.25, 0.3) is 10.0 Å². The molecular weight excluding hydrogens is 569 g/mol. The molecule has 0 aliphatic heterocycles. The third kappa shape index (κ3) is 8.27. The molecule has 0 bridgehead atoms. The fraction of sp³-hybridized carbons (Fsp3) is 0.211. The van der Waals surface area contributed by atoms with Crippen molar-refractivity contribution in [3.8, 4) is 0 Å². The molecule has 0 fully saturated rings. The van der Waals surface area contributed by atoms with Gasteiger partial charge in [0, 0.05) is 25.0 Å². The Hall–Kier alpha value is -3.08. The Kier molecular flexibility index (Phi) is 9.70. The van der Waals surface area contributed by atoms with Crippen LogP contribution >= 0.6 is 15.9 Å². The highest BCUT2D eigenvalue weighted by atomic mass is 79.9. The van der Waals surface area contributed by atoms with Crippen molar-refractivity contribution in [2.75, 3.05) is 24.7 Å². The quantitative estimate of drug-likeness (QED) is 0.0848. The van der Waals surface area contributed by atoms with Crippen molar-refractivity contribution in [3.63, 3.8) is 0 Å². The Morgan fingerprint density at radius 1 is 1.09 bits per heavy atom. The van der Waals surface area contributed by atoms with Crippen molar-refractivity contribution in [2.24, 2.45) is 14.1 Å². The lowest BCUT2D eigenvalue weighted by Crippen LogP contribution is -2.41. The number of hydrogen-bond donors (Lipinski definition) is 6. The first-order chi connectivity index (χ1) is 16.4. The summed E-state index contributed by atoms with van der Waals surface area (Å²) >= 11 is 3.01. The van der Waals surface area contributed by atoms with Crippen molar-refractivity contribution in [1.29, 1.82) is 5.41 Å². The summed E-state index contributed by atoms with van der Waals surface area (Å²) in [5.74, 6) is -1.43. The summed E-state index contributed by atoms with van der Waals surface area (Å²) in [6, 6.07) is 9.71. The Bertz CT molecular complexity index is 1370. The van der Waals surface area contributed by atoms with Crippen LogP contribution in [0.25, 0.3) is 0 Å². The monoisotopic (exact) mass is 591 g/mol. The third-order valence-electron chi connectivity index (χ3n) is 4.20. The summed E-state index contributed by atoms with van der Waals surface area (Å²) in [6.07, 6.45) is 1.12. The van der Waals surface area contributed by atoms with E-state index in [1.54, 1.807) is 19.1 Å². The summed E-state index contributed by atoms with van der Waals surface area (Å²) in [5, 5.41) is 37.5. The standard InChI is InChI=1S/C19H23BrFN7O5S2/c1-12-3-6-14(7-4-12)35(32,33)28-34(2,31)24-10-9-23-18(22)17(26-29)19(27-30)25-13-5-8-16(21)15(20)11-13/h3-8,11,29-30H,9-10H2,1-2H3,(H2,22,23)(H,25,27)(H,24,28,31)/b26-17+. The van der Waals surface area contributed by atoms with E-state index in [0.717, 1.165) is 17.9 Å². The summed E-state index contributed by atoms with van der Waals surface area (Å²) in [7, 11) is -7.52. The van der Waals surface area contributed by atoms with E-state index in [0.29, 0.717) is 0 Å². The number of halogens is 2. The molecule has 0 aliphatic rings.